The zero-order valence-electron chi connectivity index (χ0n) is 9.29. The Balaban J connectivity index is 3.08. The summed E-state index contributed by atoms with van der Waals surface area (Å²) in [5.41, 5.74) is 2.02. The summed E-state index contributed by atoms with van der Waals surface area (Å²) in [6.07, 6.45) is 0.996. The van der Waals surface area contributed by atoms with Crippen LogP contribution in [0.25, 0.3) is 0 Å². The number of hydrogen-bond donors (Lipinski definition) is 1. The van der Waals surface area contributed by atoms with E-state index in [0.717, 1.165) is 23.3 Å². The quantitative estimate of drug-likeness (QED) is 0.801. The summed E-state index contributed by atoms with van der Waals surface area (Å²) < 4.78 is 5.63. The molecule has 0 bridgehead atoms. The van der Waals surface area contributed by atoms with E-state index in [9.17, 15) is 5.11 Å². The standard InChI is InChI=1S/C12H18O2/c1-5-10-9(4)12(14-8(2)3)7-6-11(10)13/h6-8,13H,5H2,1-4H3. The van der Waals surface area contributed by atoms with E-state index in [1.165, 1.54) is 0 Å². The van der Waals surface area contributed by atoms with Gasteiger partial charge in [-0.2, -0.15) is 0 Å². The monoisotopic (exact) mass is 194 g/mol. The number of ether oxygens (including phenoxy) is 1. The van der Waals surface area contributed by atoms with Crippen molar-refractivity contribution in [2.75, 3.05) is 0 Å². The number of benzene rings is 1. The highest BCUT2D eigenvalue weighted by Crippen LogP contribution is 2.29. The lowest BCUT2D eigenvalue weighted by Gasteiger charge is -2.15. The molecule has 0 unspecified atom stereocenters. The highest BCUT2D eigenvalue weighted by molar-refractivity contribution is 5.47. The van der Waals surface area contributed by atoms with Crippen LogP contribution in [0.4, 0.5) is 0 Å². The Morgan fingerprint density at radius 2 is 2.00 bits per heavy atom. The molecular formula is C12H18O2. The summed E-state index contributed by atoms with van der Waals surface area (Å²) in [5.74, 6) is 1.23. The third-order valence-electron chi connectivity index (χ3n) is 2.24. The molecule has 0 heterocycles. The van der Waals surface area contributed by atoms with Crippen LogP contribution in [0.15, 0.2) is 12.1 Å². The zero-order chi connectivity index (χ0) is 10.7. The maximum Gasteiger partial charge on any atom is 0.123 e. The largest absolute Gasteiger partial charge is 0.508 e. The summed E-state index contributed by atoms with van der Waals surface area (Å²) >= 11 is 0. The molecule has 0 radical (unpaired) electrons. The van der Waals surface area contributed by atoms with Crippen LogP contribution < -0.4 is 4.74 Å². The van der Waals surface area contributed by atoms with Gasteiger partial charge in [0, 0.05) is 5.56 Å². The van der Waals surface area contributed by atoms with Crippen molar-refractivity contribution >= 4 is 0 Å². The first-order valence-electron chi connectivity index (χ1n) is 5.04. The van der Waals surface area contributed by atoms with Crippen molar-refractivity contribution in [2.45, 2.75) is 40.2 Å². The van der Waals surface area contributed by atoms with E-state index in [0.29, 0.717) is 5.75 Å². The molecule has 0 aliphatic heterocycles. The van der Waals surface area contributed by atoms with Crippen molar-refractivity contribution in [3.63, 3.8) is 0 Å². The van der Waals surface area contributed by atoms with Crippen LogP contribution in [0, 0.1) is 6.92 Å². The summed E-state index contributed by atoms with van der Waals surface area (Å²) in [6, 6.07) is 3.52. The van der Waals surface area contributed by atoms with Gasteiger partial charge in [-0.25, -0.2) is 0 Å². The summed E-state index contributed by atoms with van der Waals surface area (Å²) in [7, 11) is 0. The van der Waals surface area contributed by atoms with Gasteiger partial charge in [0.05, 0.1) is 6.10 Å². The van der Waals surface area contributed by atoms with Gasteiger partial charge < -0.3 is 9.84 Å². The molecule has 0 atom stereocenters. The molecule has 0 saturated carbocycles. The van der Waals surface area contributed by atoms with E-state index in [4.69, 9.17) is 4.74 Å². The first-order valence-corrected chi connectivity index (χ1v) is 5.04. The predicted molar refractivity (Wildman–Crippen MR) is 58.0 cm³/mol. The number of phenols is 1. The Bertz CT molecular complexity index is 316. The van der Waals surface area contributed by atoms with Crippen molar-refractivity contribution < 1.29 is 9.84 Å². The maximum atomic E-state index is 9.59. The van der Waals surface area contributed by atoms with Crippen molar-refractivity contribution in [1.82, 2.24) is 0 Å². The average molecular weight is 194 g/mol. The topological polar surface area (TPSA) is 29.5 Å². The van der Waals surface area contributed by atoms with E-state index in [1.807, 2.05) is 33.8 Å². The van der Waals surface area contributed by atoms with Gasteiger partial charge in [0.2, 0.25) is 0 Å². The molecule has 1 rings (SSSR count). The molecule has 0 fully saturated rings. The molecule has 0 spiro atoms. The Hall–Kier alpha value is -1.18. The van der Waals surface area contributed by atoms with Gasteiger partial charge in [-0.15, -0.1) is 0 Å². The Kier molecular flexibility index (Phi) is 3.39. The molecule has 0 amide bonds. The zero-order valence-corrected chi connectivity index (χ0v) is 9.29. The van der Waals surface area contributed by atoms with Gasteiger partial charge in [0.1, 0.15) is 11.5 Å². The molecule has 2 heteroatoms. The van der Waals surface area contributed by atoms with Crippen LogP contribution in [0.2, 0.25) is 0 Å². The van der Waals surface area contributed by atoms with Crippen LogP contribution in [-0.2, 0) is 6.42 Å². The van der Waals surface area contributed by atoms with E-state index in [1.54, 1.807) is 6.07 Å². The third kappa shape index (κ3) is 2.19. The van der Waals surface area contributed by atoms with Crippen molar-refractivity contribution in [1.29, 1.82) is 0 Å². The lowest BCUT2D eigenvalue weighted by Crippen LogP contribution is -2.07. The van der Waals surface area contributed by atoms with Crippen LogP contribution in [0.1, 0.15) is 31.9 Å². The molecule has 0 aliphatic carbocycles. The maximum absolute atomic E-state index is 9.59. The van der Waals surface area contributed by atoms with Gasteiger partial charge in [-0.1, -0.05) is 6.92 Å². The smallest absolute Gasteiger partial charge is 0.123 e. The molecule has 1 aromatic carbocycles. The minimum Gasteiger partial charge on any atom is -0.508 e. The second kappa shape index (κ2) is 4.36. The summed E-state index contributed by atoms with van der Waals surface area (Å²) in [4.78, 5) is 0. The van der Waals surface area contributed by atoms with Gasteiger partial charge in [0.15, 0.2) is 0 Å². The van der Waals surface area contributed by atoms with Gasteiger partial charge in [-0.3, -0.25) is 0 Å². The number of hydrogen-bond acceptors (Lipinski definition) is 2. The fraction of sp³-hybridized carbons (Fsp3) is 0.500. The van der Waals surface area contributed by atoms with E-state index < -0.39 is 0 Å². The van der Waals surface area contributed by atoms with Gasteiger partial charge >= 0.3 is 0 Å². The molecule has 14 heavy (non-hydrogen) atoms. The fourth-order valence-corrected chi connectivity index (χ4v) is 1.55. The molecule has 0 saturated heterocycles. The first-order chi connectivity index (χ1) is 6.56. The lowest BCUT2D eigenvalue weighted by molar-refractivity contribution is 0.240. The lowest BCUT2D eigenvalue weighted by atomic mass is 10.0. The molecule has 0 aliphatic rings. The molecule has 1 N–H and O–H groups in total. The first kappa shape index (κ1) is 10.9. The third-order valence-corrected chi connectivity index (χ3v) is 2.24. The predicted octanol–water partition coefficient (Wildman–Crippen LogP) is 3.05. The number of aromatic hydroxyl groups is 1. The van der Waals surface area contributed by atoms with Gasteiger partial charge in [-0.05, 0) is 44.9 Å². The SMILES string of the molecule is CCc1c(O)ccc(OC(C)C)c1C. The molecule has 0 aromatic heterocycles. The van der Waals surface area contributed by atoms with Crippen LogP contribution in [0.3, 0.4) is 0 Å². The number of rotatable bonds is 3. The molecule has 78 valence electrons. The number of phenolic OH excluding ortho intramolecular Hbond substituents is 1. The Labute approximate surface area is 85.5 Å². The van der Waals surface area contributed by atoms with E-state index in [2.05, 4.69) is 0 Å². The normalized spacial score (nSPS) is 10.6. The summed E-state index contributed by atoms with van der Waals surface area (Å²) in [6.45, 7) is 8.01. The molecule has 2 nitrogen and oxygen atoms in total. The van der Waals surface area contributed by atoms with Crippen molar-refractivity contribution in [2.24, 2.45) is 0 Å². The molecule has 1 aromatic rings. The highest BCUT2D eigenvalue weighted by Gasteiger charge is 2.09. The molecular weight excluding hydrogens is 176 g/mol. The van der Waals surface area contributed by atoms with Crippen molar-refractivity contribution in [3.8, 4) is 11.5 Å². The minimum absolute atomic E-state index is 0.169. The Morgan fingerprint density at radius 1 is 1.36 bits per heavy atom. The van der Waals surface area contributed by atoms with Crippen LogP contribution in [-0.4, -0.2) is 11.2 Å². The van der Waals surface area contributed by atoms with Crippen LogP contribution >= 0.6 is 0 Å². The van der Waals surface area contributed by atoms with Crippen molar-refractivity contribution in [3.05, 3.63) is 23.3 Å². The summed E-state index contributed by atoms with van der Waals surface area (Å²) in [5, 5.41) is 9.59. The second-order valence-electron chi connectivity index (χ2n) is 3.71. The van der Waals surface area contributed by atoms with E-state index >= 15 is 0 Å². The van der Waals surface area contributed by atoms with E-state index in [-0.39, 0.29) is 6.10 Å². The minimum atomic E-state index is 0.169. The Morgan fingerprint density at radius 3 is 2.50 bits per heavy atom. The van der Waals surface area contributed by atoms with Crippen LogP contribution in [0.5, 0.6) is 11.5 Å². The second-order valence-corrected chi connectivity index (χ2v) is 3.71. The fourth-order valence-electron chi connectivity index (χ4n) is 1.55. The average Bonchev–Trinajstić information content (AvgIpc) is 2.10. The van der Waals surface area contributed by atoms with Gasteiger partial charge in [0.25, 0.3) is 0 Å². The highest BCUT2D eigenvalue weighted by atomic mass is 16.5.